The summed E-state index contributed by atoms with van der Waals surface area (Å²) in [6.07, 6.45) is 4.31. The summed E-state index contributed by atoms with van der Waals surface area (Å²) in [5.74, 6) is 3.01. The lowest BCUT2D eigenvalue weighted by Gasteiger charge is -2.27. The number of hydrogen-bond acceptors (Lipinski definition) is 9. The van der Waals surface area contributed by atoms with E-state index in [2.05, 4.69) is 80.3 Å². The average Bonchev–Trinajstić information content (AvgIpc) is 4.03. The lowest BCUT2D eigenvalue weighted by molar-refractivity contribution is -0.129. The molecule has 0 radical (unpaired) electrons. The van der Waals surface area contributed by atoms with Gasteiger partial charge in [-0.05, 0) is 121 Å². The van der Waals surface area contributed by atoms with Crippen LogP contribution in [0.3, 0.4) is 0 Å². The number of nitrogens with zero attached hydrogens (tertiary/aromatic N) is 3. The van der Waals surface area contributed by atoms with E-state index in [-0.39, 0.29) is 60.5 Å². The maximum absolute atomic E-state index is 13.3. The smallest absolute Gasteiger partial charge is 0.242 e. The van der Waals surface area contributed by atoms with Gasteiger partial charge in [-0.25, -0.2) is 0 Å². The molecule has 69 heavy (non-hydrogen) atoms. The van der Waals surface area contributed by atoms with Gasteiger partial charge in [-0.3, -0.25) is 19.2 Å². The molecule has 15 heteroatoms. The van der Waals surface area contributed by atoms with E-state index in [1.165, 1.54) is 16.2 Å². The molecule has 2 aliphatic carbocycles. The molecule has 5 aromatic rings. The van der Waals surface area contributed by atoms with Crippen LogP contribution in [0.2, 0.25) is 0 Å². The van der Waals surface area contributed by atoms with Crippen molar-refractivity contribution >= 4 is 63.2 Å². The third kappa shape index (κ3) is 10.3. The number of fused-ring (bicyclic) bond motifs is 4. The summed E-state index contributed by atoms with van der Waals surface area (Å²) in [5.41, 5.74) is 7.17. The maximum Gasteiger partial charge on any atom is 0.242 e. The molecule has 0 saturated heterocycles. The van der Waals surface area contributed by atoms with E-state index in [9.17, 15) is 19.2 Å². The van der Waals surface area contributed by atoms with Gasteiger partial charge in [-0.2, -0.15) is 0 Å². The maximum atomic E-state index is 13.3. The van der Waals surface area contributed by atoms with Crippen molar-refractivity contribution < 1.29 is 38.1 Å². The van der Waals surface area contributed by atoms with Crippen molar-refractivity contribution in [3.63, 3.8) is 0 Å². The van der Waals surface area contributed by atoms with Crippen LogP contribution >= 0.6 is 11.6 Å². The number of hydrogen-bond donors (Lipinski definition) is 3. The van der Waals surface area contributed by atoms with Gasteiger partial charge in [0.05, 0.1) is 10.8 Å². The molecular weight excluding hydrogens is 896 g/mol. The highest BCUT2D eigenvalue weighted by Crippen LogP contribution is 2.52. The number of amides is 4. The molecule has 1 aromatic heterocycles. The van der Waals surface area contributed by atoms with E-state index < -0.39 is 10.8 Å². The van der Waals surface area contributed by atoms with Crippen molar-refractivity contribution in [2.45, 2.75) is 102 Å². The second-order valence-corrected chi connectivity index (χ2v) is 21.5. The number of alkyl halides is 1. The number of benzene rings is 4. The Bertz CT molecular complexity index is 2800. The highest BCUT2D eigenvalue weighted by Gasteiger charge is 2.53. The Hall–Kier alpha value is -6.41. The van der Waals surface area contributed by atoms with E-state index in [1.54, 1.807) is 33.1 Å². The Labute approximate surface area is 409 Å². The van der Waals surface area contributed by atoms with E-state index in [1.807, 2.05) is 60.7 Å². The van der Waals surface area contributed by atoms with Gasteiger partial charge in [-0.1, -0.05) is 53.7 Å². The molecule has 4 aromatic carbocycles. The molecule has 0 bridgehead atoms. The number of anilines is 3. The normalized spacial score (nSPS) is 17.2. The van der Waals surface area contributed by atoms with Crippen molar-refractivity contribution in [2.75, 3.05) is 63.6 Å². The fourth-order valence-corrected chi connectivity index (χ4v) is 9.17. The molecule has 4 amide bonds. The molecule has 1 unspecified atom stereocenters. The van der Waals surface area contributed by atoms with Gasteiger partial charge >= 0.3 is 0 Å². The van der Waals surface area contributed by atoms with Crippen molar-refractivity contribution in [2.24, 2.45) is 5.41 Å². The molecule has 3 N–H and O–H groups in total. The van der Waals surface area contributed by atoms with Gasteiger partial charge in [0.15, 0.2) is 23.0 Å². The molecule has 366 valence electrons. The Morgan fingerprint density at radius 1 is 0.667 bits per heavy atom. The van der Waals surface area contributed by atoms with E-state index in [4.69, 9.17) is 30.5 Å². The molecule has 2 saturated carbocycles. The number of nitrogens with one attached hydrogen (secondary N) is 3. The lowest BCUT2D eigenvalue weighted by Crippen LogP contribution is -2.31. The van der Waals surface area contributed by atoms with Gasteiger partial charge in [0.1, 0.15) is 12.4 Å². The topological polar surface area (TPSA) is 153 Å². The highest BCUT2D eigenvalue weighted by atomic mass is 35.5. The minimum atomic E-state index is -0.531. The Morgan fingerprint density at radius 3 is 1.64 bits per heavy atom. The van der Waals surface area contributed by atoms with Crippen LogP contribution in [0.15, 0.2) is 78.9 Å². The molecule has 1 atom stereocenters. The number of rotatable bonds is 9. The van der Waals surface area contributed by atoms with E-state index >= 15 is 0 Å². The minimum Gasteiger partial charge on any atom is -0.454 e. The zero-order valence-corrected chi connectivity index (χ0v) is 42.2. The van der Waals surface area contributed by atoms with Gasteiger partial charge in [-0.15, -0.1) is 11.6 Å². The molecule has 2 fully saturated rings. The van der Waals surface area contributed by atoms with Crippen LogP contribution in [0, 0.1) is 5.41 Å². The lowest BCUT2D eigenvalue weighted by atomic mass is 9.85. The summed E-state index contributed by atoms with van der Waals surface area (Å²) in [6, 6.07) is 26.2. The van der Waals surface area contributed by atoms with Crippen LogP contribution in [0.25, 0.3) is 10.9 Å². The number of likely N-dealkylation sites (N-methyl/N-ethyl adjacent to an activating group) is 1. The van der Waals surface area contributed by atoms with E-state index in [0.717, 1.165) is 88.5 Å². The monoisotopic (exact) mass is 960 g/mol. The molecular formula is C54H65ClN6O8. The predicted octanol–water partition coefficient (Wildman–Crippen LogP) is 9.21. The first-order valence-electron chi connectivity index (χ1n) is 23.5. The molecule has 3 aliphatic heterocycles. The first-order valence-corrected chi connectivity index (χ1v) is 24.1. The average molecular weight is 962 g/mol. The number of halogens is 1. The quantitative estimate of drug-likeness (QED) is 0.123. The summed E-state index contributed by atoms with van der Waals surface area (Å²) >= 11 is 5.16. The van der Waals surface area contributed by atoms with Gasteiger partial charge in [0, 0.05) is 73.3 Å². The third-order valence-corrected chi connectivity index (χ3v) is 13.9. The fourth-order valence-electron chi connectivity index (χ4n) is 8.93. The van der Waals surface area contributed by atoms with Gasteiger partial charge in [0.2, 0.25) is 37.2 Å². The number of ether oxygens (including phenoxy) is 4. The zero-order valence-electron chi connectivity index (χ0n) is 41.4. The van der Waals surface area contributed by atoms with Crippen LogP contribution in [0.1, 0.15) is 89.6 Å². The molecule has 4 heterocycles. The summed E-state index contributed by atoms with van der Waals surface area (Å²) in [5, 5.41) is 10.9. The number of aromatic nitrogens is 1. The SMILES string of the molecule is CC(C)(C)C1Cc2cc(NC(=O)C3(c4ccc5c(c4)OCO5)CC3)ccc2N1.CN(C)C(=O)CCl.CN(C)C(=O)Cn1c(C(C)(C)C)cc2cc(NC(=O)C3(c4ccc5c(c4)OCO5)CC3)ccc21. The van der Waals surface area contributed by atoms with Crippen LogP contribution in [-0.4, -0.2) is 91.7 Å². The molecule has 10 rings (SSSR count). The Kier molecular flexibility index (Phi) is 13.4. The van der Waals surface area contributed by atoms with Gasteiger partial charge < -0.3 is 49.3 Å². The van der Waals surface area contributed by atoms with Crippen LogP contribution < -0.4 is 34.9 Å². The molecule has 14 nitrogen and oxygen atoms in total. The highest BCUT2D eigenvalue weighted by molar-refractivity contribution is 6.27. The largest absolute Gasteiger partial charge is 0.454 e. The van der Waals surface area contributed by atoms with Crippen molar-refractivity contribution in [1.29, 1.82) is 0 Å². The first kappa shape index (κ1) is 49.0. The third-order valence-electron chi connectivity index (χ3n) is 13.7. The number of carbonyl (C=O) groups excluding carboxylic acids is 4. The van der Waals surface area contributed by atoms with E-state index in [0.29, 0.717) is 11.8 Å². The molecule has 5 aliphatic rings. The number of carbonyl (C=O) groups is 4. The molecule has 0 spiro atoms. The second-order valence-electron chi connectivity index (χ2n) is 21.2. The summed E-state index contributed by atoms with van der Waals surface area (Å²) in [4.78, 5) is 52.3. The first-order chi connectivity index (χ1) is 32.6. The Balaban J connectivity index is 0.000000166. The second kappa shape index (κ2) is 18.8. The van der Waals surface area contributed by atoms with Crippen molar-refractivity contribution in [1.82, 2.24) is 14.4 Å². The fraction of sp³-hybridized carbons (Fsp3) is 0.444. The van der Waals surface area contributed by atoms with Crippen molar-refractivity contribution in [3.8, 4) is 23.0 Å². The standard InChI is InChI=1S/C27H31N3O4.C23H26N2O3.C4H8ClNO/c1-26(2,3)23-13-17-12-19(7-8-20(17)30(23)15-24(31)29(4)5)28-25(32)27(10-11-27)18-6-9-21-22(14-18)34-16-33-21;1-22(2,3)20-11-14-10-16(5-6-17(14)25-20)24-21(26)23(8-9-23)15-4-7-18-19(12-15)28-13-27-18;1-6(2)4(7)3-5/h6-9,12-14H,10-11,15-16H2,1-5H3,(H,28,32);4-7,10,12,20,25H,8-9,11,13H2,1-3H3,(H,24,26);3H2,1-2H3. The summed E-state index contributed by atoms with van der Waals surface area (Å²) in [6.45, 7) is 13.9. The Morgan fingerprint density at radius 2 is 1.17 bits per heavy atom. The van der Waals surface area contributed by atoms with Gasteiger partial charge in [0.25, 0.3) is 0 Å². The van der Waals surface area contributed by atoms with Crippen molar-refractivity contribution in [3.05, 3.63) is 101 Å². The van der Waals surface area contributed by atoms with Crippen LogP contribution in [0.5, 0.6) is 23.0 Å². The van der Waals surface area contributed by atoms with Crippen LogP contribution in [0.4, 0.5) is 17.1 Å². The summed E-state index contributed by atoms with van der Waals surface area (Å²) < 4.78 is 23.9. The van der Waals surface area contributed by atoms with Crippen LogP contribution in [-0.2, 0) is 48.4 Å². The summed E-state index contributed by atoms with van der Waals surface area (Å²) in [7, 11) is 6.88. The predicted molar refractivity (Wildman–Crippen MR) is 270 cm³/mol. The zero-order chi connectivity index (χ0) is 49.6. The minimum absolute atomic E-state index is 0.0102.